The predicted molar refractivity (Wildman–Crippen MR) is 77.0 cm³/mol. The lowest BCUT2D eigenvalue weighted by molar-refractivity contribution is 0.629. The highest BCUT2D eigenvalue weighted by molar-refractivity contribution is 6.30. The quantitative estimate of drug-likeness (QED) is 0.687. The first-order valence-corrected chi connectivity index (χ1v) is 6.39. The Labute approximate surface area is 119 Å². The van der Waals surface area contributed by atoms with Crippen LogP contribution in [-0.4, -0.2) is 9.55 Å². The molecule has 0 spiro atoms. The van der Waals surface area contributed by atoms with Crippen molar-refractivity contribution >= 4 is 22.5 Å². The number of benzene rings is 2. The number of fused-ring (bicyclic) bond motifs is 1. The van der Waals surface area contributed by atoms with Gasteiger partial charge in [0.05, 0.1) is 16.6 Å². The second kappa shape index (κ2) is 4.72. The number of aryl methyl sites for hydroxylation is 1. The lowest BCUT2D eigenvalue weighted by Gasteiger charge is -2.10. The van der Waals surface area contributed by atoms with Gasteiger partial charge in [-0.3, -0.25) is 9.36 Å². The van der Waals surface area contributed by atoms with Crippen LogP contribution in [0.5, 0.6) is 0 Å². The third kappa shape index (κ3) is 2.08. The molecule has 5 heteroatoms. The highest BCUT2D eigenvalue weighted by Gasteiger charge is 2.10. The zero-order chi connectivity index (χ0) is 14.3. The van der Waals surface area contributed by atoms with Crippen molar-refractivity contribution < 1.29 is 4.39 Å². The van der Waals surface area contributed by atoms with Crippen molar-refractivity contribution in [3.63, 3.8) is 0 Å². The van der Waals surface area contributed by atoms with Crippen molar-refractivity contribution in [3.8, 4) is 5.69 Å². The van der Waals surface area contributed by atoms with Crippen LogP contribution in [0.15, 0.2) is 47.3 Å². The van der Waals surface area contributed by atoms with E-state index < -0.39 is 5.82 Å². The van der Waals surface area contributed by atoms with E-state index in [-0.39, 0.29) is 5.56 Å². The molecule has 0 bridgehead atoms. The summed E-state index contributed by atoms with van der Waals surface area (Å²) in [5.41, 5.74) is 0.808. The van der Waals surface area contributed by atoms with Crippen LogP contribution in [0.25, 0.3) is 16.6 Å². The zero-order valence-electron chi connectivity index (χ0n) is 10.6. The van der Waals surface area contributed by atoms with E-state index in [0.717, 1.165) is 0 Å². The van der Waals surface area contributed by atoms with Crippen LogP contribution in [0.1, 0.15) is 5.82 Å². The van der Waals surface area contributed by atoms with Gasteiger partial charge >= 0.3 is 0 Å². The standard InChI is InChI=1S/C15H10ClFN2O/c1-9-18-14-8-11(17)4-7-13(14)15(20)19(9)12-5-2-10(16)3-6-12/h2-8H,1H3. The van der Waals surface area contributed by atoms with E-state index in [1.54, 1.807) is 31.2 Å². The smallest absolute Gasteiger partial charge is 0.265 e. The fourth-order valence-electron chi connectivity index (χ4n) is 2.16. The molecule has 3 nitrogen and oxygen atoms in total. The molecule has 1 heterocycles. The molecule has 1 aromatic heterocycles. The molecule has 3 rings (SSSR count). The molecule has 20 heavy (non-hydrogen) atoms. The monoisotopic (exact) mass is 288 g/mol. The predicted octanol–water partition coefficient (Wildman–Crippen LogP) is 3.49. The van der Waals surface area contributed by atoms with Gasteiger partial charge in [-0.25, -0.2) is 9.37 Å². The Bertz CT molecular complexity index is 856. The summed E-state index contributed by atoms with van der Waals surface area (Å²) in [6.45, 7) is 1.71. The van der Waals surface area contributed by atoms with Crippen LogP contribution in [0.3, 0.4) is 0 Å². The van der Waals surface area contributed by atoms with E-state index >= 15 is 0 Å². The molecule has 0 N–H and O–H groups in total. The van der Waals surface area contributed by atoms with Crippen LogP contribution in [0.2, 0.25) is 5.02 Å². The summed E-state index contributed by atoms with van der Waals surface area (Å²) >= 11 is 5.85. The molecule has 100 valence electrons. The minimum Gasteiger partial charge on any atom is -0.268 e. The number of aromatic nitrogens is 2. The first kappa shape index (κ1) is 12.8. The molecule has 0 unspecified atom stereocenters. The molecule has 0 atom stereocenters. The third-order valence-corrected chi connectivity index (χ3v) is 3.34. The average Bonchev–Trinajstić information content (AvgIpc) is 2.40. The number of halogens is 2. The Balaban J connectivity index is 2.34. The van der Waals surface area contributed by atoms with Crippen LogP contribution < -0.4 is 5.56 Å². The highest BCUT2D eigenvalue weighted by Crippen LogP contribution is 2.16. The molecule has 0 fully saturated rings. The second-order valence-electron chi connectivity index (χ2n) is 4.44. The minimum absolute atomic E-state index is 0.227. The molecule has 0 saturated carbocycles. The molecule has 0 aliphatic rings. The van der Waals surface area contributed by atoms with Gasteiger partial charge in [-0.15, -0.1) is 0 Å². The lowest BCUT2D eigenvalue weighted by atomic mass is 10.2. The first-order valence-electron chi connectivity index (χ1n) is 6.01. The first-order chi connectivity index (χ1) is 9.56. The summed E-state index contributed by atoms with van der Waals surface area (Å²) in [6.07, 6.45) is 0. The average molecular weight is 289 g/mol. The summed E-state index contributed by atoms with van der Waals surface area (Å²) in [6, 6.07) is 10.9. The largest absolute Gasteiger partial charge is 0.268 e. The van der Waals surface area contributed by atoms with Gasteiger partial charge < -0.3 is 0 Å². The van der Waals surface area contributed by atoms with Crippen LogP contribution in [0, 0.1) is 12.7 Å². The molecule has 0 aliphatic heterocycles. The highest BCUT2D eigenvalue weighted by atomic mass is 35.5. The van der Waals surface area contributed by atoms with E-state index in [0.29, 0.717) is 27.4 Å². The van der Waals surface area contributed by atoms with Crippen molar-refractivity contribution in [1.29, 1.82) is 0 Å². The van der Waals surface area contributed by atoms with Gasteiger partial charge in [-0.1, -0.05) is 11.6 Å². The zero-order valence-corrected chi connectivity index (χ0v) is 11.4. The molecular weight excluding hydrogens is 279 g/mol. The summed E-state index contributed by atoms with van der Waals surface area (Å²) in [4.78, 5) is 16.8. The van der Waals surface area contributed by atoms with Crippen molar-refractivity contribution in [1.82, 2.24) is 9.55 Å². The summed E-state index contributed by atoms with van der Waals surface area (Å²) < 4.78 is 14.7. The van der Waals surface area contributed by atoms with E-state index in [9.17, 15) is 9.18 Å². The Kier molecular flexibility index (Phi) is 3.03. The van der Waals surface area contributed by atoms with Crippen molar-refractivity contribution in [2.75, 3.05) is 0 Å². The topological polar surface area (TPSA) is 34.9 Å². The molecule has 0 saturated heterocycles. The maximum Gasteiger partial charge on any atom is 0.265 e. The molecule has 0 radical (unpaired) electrons. The summed E-state index contributed by atoms with van der Waals surface area (Å²) in [7, 11) is 0. The van der Waals surface area contributed by atoms with Gasteiger partial charge in [-0.2, -0.15) is 0 Å². The van der Waals surface area contributed by atoms with Gasteiger partial charge in [0.1, 0.15) is 11.6 Å². The van der Waals surface area contributed by atoms with Crippen molar-refractivity contribution in [3.05, 3.63) is 69.5 Å². The number of hydrogen-bond donors (Lipinski definition) is 0. The molecular formula is C15H10ClFN2O. The van der Waals surface area contributed by atoms with Crippen LogP contribution in [0.4, 0.5) is 4.39 Å². The Morgan fingerprint density at radius 1 is 1.15 bits per heavy atom. The molecule has 2 aromatic carbocycles. The van der Waals surface area contributed by atoms with Gasteiger partial charge in [0.2, 0.25) is 0 Å². The lowest BCUT2D eigenvalue weighted by Crippen LogP contribution is -2.22. The van der Waals surface area contributed by atoms with Crippen molar-refractivity contribution in [2.24, 2.45) is 0 Å². The molecule has 0 amide bonds. The number of rotatable bonds is 1. The normalized spacial score (nSPS) is 10.9. The number of hydrogen-bond acceptors (Lipinski definition) is 2. The fourth-order valence-corrected chi connectivity index (χ4v) is 2.29. The Hall–Kier alpha value is -2.20. The van der Waals surface area contributed by atoms with Gasteiger partial charge in [0, 0.05) is 11.1 Å². The maximum absolute atomic E-state index is 13.2. The minimum atomic E-state index is -0.409. The van der Waals surface area contributed by atoms with E-state index in [4.69, 9.17) is 11.6 Å². The van der Waals surface area contributed by atoms with Gasteiger partial charge in [-0.05, 0) is 43.3 Å². The van der Waals surface area contributed by atoms with E-state index in [2.05, 4.69) is 4.98 Å². The van der Waals surface area contributed by atoms with E-state index in [1.165, 1.54) is 22.8 Å². The fraction of sp³-hybridized carbons (Fsp3) is 0.0667. The van der Waals surface area contributed by atoms with Crippen LogP contribution in [-0.2, 0) is 0 Å². The summed E-state index contributed by atoms with van der Waals surface area (Å²) in [5.74, 6) is 0.0865. The van der Waals surface area contributed by atoms with Gasteiger partial charge in [0.15, 0.2) is 0 Å². The van der Waals surface area contributed by atoms with Gasteiger partial charge in [0.25, 0.3) is 5.56 Å². The van der Waals surface area contributed by atoms with Crippen molar-refractivity contribution in [2.45, 2.75) is 6.92 Å². The second-order valence-corrected chi connectivity index (χ2v) is 4.87. The third-order valence-electron chi connectivity index (χ3n) is 3.08. The summed E-state index contributed by atoms with van der Waals surface area (Å²) in [5, 5.41) is 0.974. The number of nitrogens with zero attached hydrogens (tertiary/aromatic N) is 2. The Morgan fingerprint density at radius 3 is 2.55 bits per heavy atom. The molecule has 0 aliphatic carbocycles. The van der Waals surface area contributed by atoms with E-state index in [1.807, 2.05) is 0 Å². The maximum atomic E-state index is 13.2. The Morgan fingerprint density at radius 2 is 1.85 bits per heavy atom. The molecule has 3 aromatic rings. The van der Waals surface area contributed by atoms with Crippen LogP contribution >= 0.6 is 11.6 Å². The SMILES string of the molecule is Cc1nc2cc(F)ccc2c(=O)n1-c1ccc(Cl)cc1.